The van der Waals surface area contributed by atoms with Gasteiger partial charge in [-0.2, -0.15) is 0 Å². The van der Waals surface area contributed by atoms with E-state index in [2.05, 4.69) is 39.8 Å². The first kappa shape index (κ1) is 25.9. The Hall–Kier alpha value is -1.20. The van der Waals surface area contributed by atoms with Gasteiger partial charge in [0.2, 0.25) is 0 Å². The lowest BCUT2D eigenvalue weighted by Crippen LogP contribution is -2.67. The normalized spacial score (nSPS) is 45.9. The van der Waals surface area contributed by atoms with E-state index in [0.29, 0.717) is 55.0 Å². The second-order valence-corrected chi connectivity index (χ2v) is 12.8. The molecule has 192 valence electrons. The summed E-state index contributed by atoms with van der Waals surface area (Å²) in [6.07, 6.45) is 11.7. The number of hydrogen-bond acceptors (Lipinski definition) is 5. The SMILES string of the molecule is CC(=O)OC[C@@H](C)C/C=C/[C@@H](C)C1CCC2C3CC(=O)[C@@]4(O)C[C@@H](O)CC[C@]4(C)C3CC[C@@]21C. The molecular weight excluding hydrogens is 428 g/mol. The van der Waals surface area contributed by atoms with E-state index in [9.17, 15) is 19.8 Å². The molecule has 10 atom stereocenters. The van der Waals surface area contributed by atoms with Crippen molar-refractivity contribution in [3.05, 3.63) is 12.2 Å². The van der Waals surface area contributed by atoms with Crippen molar-refractivity contribution >= 4 is 11.8 Å². The number of carbonyl (C=O) groups is 2. The first-order valence-corrected chi connectivity index (χ1v) is 13.7. The lowest BCUT2D eigenvalue weighted by atomic mass is 9.42. The molecule has 0 aromatic carbocycles. The molecule has 4 aliphatic carbocycles. The zero-order valence-electron chi connectivity index (χ0n) is 21.9. The van der Waals surface area contributed by atoms with E-state index in [1.807, 2.05) is 0 Å². The monoisotopic (exact) mass is 474 g/mol. The van der Waals surface area contributed by atoms with Gasteiger partial charge in [-0.15, -0.1) is 0 Å². The number of ether oxygens (including phenoxy) is 1. The summed E-state index contributed by atoms with van der Waals surface area (Å²) in [6.45, 7) is 11.0. The molecule has 0 aromatic rings. The van der Waals surface area contributed by atoms with Crippen LogP contribution in [0.4, 0.5) is 0 Å². The summed E-state index contributed by atoms with van der Waals surface area (Å²) in [5.74, 6) is 2.42. The number of allylic oxidation sites excluding steroid dienone is 2. The van der Waals surface area contributed by atoms with Crippen LogP contribution < -0.4 is 0 Å². The molecule has 4 saturated carbocycles. The van der Waals surface area contributed by atoms with E-state index >= 15 is 0 Å². The standard InChI is InChI=1S/C29H46O5/c1-18(17-34-20(3)30)7-6-8-19(2)23-9-10-24-22-15-26(32)29(33)16-21(31)11-14-28(29,5)25(22)12-13-27(23,24)4/h6,8,18-19,21-25,31,33H,7,9-17H2,1-5H3/b8-6+/t18-,19+,21-,22?,23?,24?,25?,27+,28+,29-/m0/s1. The average molecular weight is 475 g/mol. The van der Waals surface area contributed by atoms with Gasteiger partial charge in [0, 0.05) is 25.2 Å². The summed E-state index contributed by atoms with van der Waals surface area (Å²) in [6, 6.07) is 0. The minimum atomic E-state index is -1.35. The number of carbonyl (C=O) groups excluding carboxylic acids is 2. The van der Waals surface area contributed by atoms with Crippen LogP contribution in [0.15, 0.2) is 12.2 Å². The Morgan fingerprint density at radius 1 is 1.15 bits per heavy atom. The van der Waals surface area contributed by atoms with E-state index in [4.69, 9.17) is 4.74 Å². The maximum atomic E-state index is 13.4. The molecule has 0 spiro atoms. The molecule has 4 aliphatic rings. The summed E-state index contributed by atoms with van der Waals surface area (Å²) in [5.41, 5.74) is -1.53. The number of fused-ring (bicyclic) bond motifs is 5. The molecule has 4 fully saturated rings. The van der Waals surface area contributed by atoms with Crippen LogP contribution >= 0.6 is 0 Å². The molecule has 0 heterocycles. The second kappa shape index (κ2) is 9.35. The summed E-state index contributed by atoms with van der Waals surface area (Å²) in [4.78, 5) is 24.4. The molecular formula is C29H46O5. The predicted molar refractivity (Wildman–Crippen MR) is 132 cm³/mol. The van der Waals surface area contributed by atoms with Crippen LogP contribution in [0, 0.1) is 46.3 Å². The topological polar surface area (TPSA) is 83.8 Å². The molecule has 0 radical (unpaired) electrons. The highest BCUT2D eigenvalue weighted by Gasteiger charge is 2.67. The van der Waals surface area contributed by atoms with Crippen molar-refractivity contribution in [1.29, 1.82) is 0 Å². The van der Waals surface area contributed by atoms with E-state index in [1.165, 1.54) is 19.8 Å². The van der Waals surface area contributed by atoms with Crippen LogP contribution in [0.5, 0.6) is 0 Å². The Labute approximate surface area is 205 Å². The van der Waals surface area contributed by atoms with Crippen molar-refractivity contribution < 1.29 is 24.5 Å². The third-order valence-corrected chi connectivity index (χ3v) is 10.9. The first-order chi connectivity index (χ1) is 15.9. The van der Waals surface area contributed by atoms with Gasteiger partial charge >= 0.3 is 5.97 Å². The fourth-order valence-electron chi connectivity index (χ4n) is 8.91. The molecule has 4 unspecified atom stereocenters. The second-order valence-electron chi connectivity index (χ2n) is 12.8. The molecule has 0 bridgehead atoms. The lowest BCUT2D eigenvalue weighted by Gasteiger charge is -2.63. The number of aliphatic hydroxyl groups is 2. The van der Waals surface area contributed by atoms with Gasteiger partial charge in [0.1, 0.15) is 5.60 Å². The van der Waals surface area contributed by atoms with Gasteiger partial charge in [0.15, 0.2) is 5.78 Å². The maximum absolute atomic E-state index is 13.4. The average Bonchev–Trinajstić information content (AvgIpc) is 3.12. The number of aliphatic hydroxyl groups excluding tert-OH is 1. The summed E-state index contributed by atoms with van der Waals surface area (Å²) < 4.78 is 5.13. The van der Waals surface area contributed by atoms with Crippen molar-refractivity contribution in [3.8, 4) is 0 Å². The van der Waals surface area contributed by atoms with E-state index in [1.54, 1.807) is 0 Å². The third kappa shape index (κ3) is 4.19. The molecule has 5 nitrogen and oxygen atoms in total. The fourth-order valence-corrected chi connectivity index (χ4v) is 8.91. The molecule has 34 heavy (non-hydrogen) atoms. The van der Waals surface area contributed by atoms with E-state index in [0.717, 1.165) is 25.7 Å². The lowest BCUT2D eigenvalue weighted by molar-refractivity contribution is -0.213. The molecule has 0 saturated heterocycles. The molecule has 0 aromatic heterocycles. The predicted octanol–water partition coefficient (Wildman–Crippen LogP) is 5.08. The van der Waals surface area contributed by atoms with Crippen LogP contribution in [0.2, 0.25) is 0 Å². The largest absolute Gasteiger partial charge is 0.466 e. The number of rotatable bonds is 6. The van der Waals surface area contributed by atoms with Crippen LogP contribution in [-0.2, 0) is 14.3 Å². The molecule has 5 heteroatoms. The Balaban J connectivity index is 1.46. The van der Waals surface area contributed by atoms with Gasteiger partial charge in [0.05, 0.1) is 12.7 Å². The fraction of sp³-hybridized carbons (Fsp3) is 0.862. The number of Topliss-reactive ketones (excluding diaryl/α,β-unsaturated/α-hetero) is 1. The van der Waals surface area contributed by atoms with Crippen LogP contribution in [0.3, 0.4) is 0 Å². The van der Waals surface area contributed by atoms with Crippen molar-refractivity contribution in [3.63, 3.8) is 0 Å². The highest BCUT2D eigenvalue weighted by molar-refractivity contribution is 5.89. The number of esters is 1. The van der Waals surface area contributed by atoms with Gasteiger partial charge in [-0.3, -0.25) is 9.59 Å². The van der Waals surface area contributed by atoms with Crippen LogP contribution in [0.1, 0.15) is 92.4 Å². The van der Waals surface area contributed by atoms with Gasteiger partial charge in [-0.1, -0.05) is 39.8 Å². The van der Waals surface area contributed by atoms with Crippen LogP contribution in [0.25, 0.3) is 0 Å². The van der Waals surface area contributed by atoms with Gasteiger partial charge in [-0.05, 0) is 85.9 Å². The van der Waals surface area contributed by atoms with Gasteiger partial charge in [-0.25, -0.2) is 0 Å². The molecule has 0 aliphatic heterocycles. The van der Waals surface area contributed by atoms with Crippen molar-refractivity contribution in [1.82, 2.24) is 0 Å². The Bertz CT molecular complexity index is 821. The number of ketones is 1. The molecule has 2 N–H and O–H groups in total. The smallest absolute Gasteiger partial charge is 0.302 e. The highest BCUT2D eigenvalue weighted by Crippen LogP contribution is 2.68. The van der Waals surface area contributed by atoms with Crippen molar-refractivity contribution in [2.24, 2.45) is 46.3 Å². The van der Waals surface area contributed by atoms with E-state index in [-0.39, 0.29) is 23.6 Å². The highest BCUT2D eigenvalue weighted by atomic mass is 16.5. The first-order valence-electron chi connectivity index (χ1n) is 13.7. The zero-order chi connectivity index (χ0) is 24.9. The Kier molecular flexibility index (Phi) is 7.12. The van der Waals surface area contributed by atoms with E-state index < -0.39 is 17.1 Å². The Morgan fingerprint density at radius 2 is 1.88 bits per heavy atom. The minimum Gasteiger partial charge on any atom is -0.466 e. The van der Waals surface area contributed by atoms with Gasteiger partial charge < -0.3 is 14.9 Å². The summed E-state index contributed by atoms with van der Waals surface area (Å²) >= 11 is 0. The summed E-state index contributed by atoms with van der Waals surface area (Å²) in [7, 11) is 0. The van der Waals surface area contributed by atoms with Crippen molar-refractivity contribution in [2.45, 2.75) is 104 Å². The molecule has 4 rings (SSSR count). The third-order valence-electron chi connectivity index (χ3n) is 10.9. The minimum absolute atomic E-state index is 0.0163. The quantitative estimate of drug-likeness (QED) is 0.414. The van der Waals surface area contributed by atoms with Gasteiger partial charge in [0.25, 0.3) is 0 Å². The van der Waals surface area contributed by atoms with Crippen molar-refractivity contribution in [2.75, 3.05) is 6.61 Å². The number of hydrogen-bond donors (Lipinski definition) is 2. The molecule has 0 amide bonds. The zero-order valence-corrected chi connectivity index (χ0v) is 21.9. The Morgan fingerprint density at radius 3 is 2.59 bits per heavy atom. The maximum Gasteiger partial charge on any atom is 0.302 e. The summed E-state index contributed by atoms with van der Waals surface area (Å²) in [5, 5.41) is 21.8. The van der Waals surface area contributed by atoms with Crippen LogP contribution in [-0.4, -0.2) is 40.3 Å².